The van der Waals surface area contributed by atoms with E-state index in [1.54, 1.807) is 23.5 Å². The average Bonchev–Trinajstić information content (AvgIpc) is 3.53. The number of nitrogens with one attached hydrogen (secondary N) is 2. The van der Waals surface area contributed by atoms with Crippen LogP contribution < -0.4 is 10.2 Å². The third-order valence-corrected chi connectivity index (χ3v) is 8.18. The zero-order valence-corrected chi connectivity index (χ0v) is 21.9. The Labute approximate surface area is 216 Å². The molecule has 0 bridgehead atoms. The first-order valence-corrected chi connectivity index (χ1v) is 12.5. The van der Waals surface area contributed by atoms with Crippen LogP contribution in [0, 0.1) is 6.92 Å². The number of aryl methyl sites for hydroxylation is 1. The Morgan fingerprint density at radius 3 is 2.89 bits per heavy atom. The largest absolute Gasteiger partial charge is 0.477 e. The molecule has 1 aliphatic rings. The highest BCUT2D eigenvalue weighted by Crippen LogP contribution is 2.34. The quantitative estimate of drug-likeness (QED) is 0.364. The van der Waals surface area contributed by atoms with Gasteiger partial charge in [0.1, 0.15) is 28.8 Å². The van der Waals surface area contributed by atoms with E-state index in [1.165, 1.54) is 6.33 Å². The lowest BCUT2D eigenvalue weighted by Gasteiger charge is -2.34. The van der Waals surface area contributed by atoms with Crippen molar-refractivity contribution in [2.24, 2.45) is 0 Å². The number of carbonyl (C=O) groups is 2. The van der Waals surface area contributed by atoms with Crippen LogP contribution in [0.2, 0.25) is 5.02 Å². The Bertz CT molecular complexity index is 1250. The summed E-state index contributed by atoms with van der Waals surface area (Å²) in [5, 5.41) is 21.1. The van der Waals surface area contributed by atoms with E-state index < -0.39 is 24.1 Å². The molecule has 0 aliphatic carbocycles. The van der Waals surface area contributed by atoms with Gasteiger partial charge in [-0.05, 0) is 29.3 Å². The molecule has 0 radical (unpaired) electrons. The Morgan fingerprint density at radius 1 is 1.49 bits per heavy atom. The van der Waals surface area contributed by atoms with Gasteiger partial charge in [0.05, 0.1) is 28.7 Å². The molecule has 2 atom stereocenters. The van der Waals surface area contributed by atoms with Crippen LogP contribution in [0.4, 0.5) is 9.52 Å². The van der Waals surface area contributed by atoms with Gasteiger partial charge in [-0.1, -0.05) is 22.9 Å². The highest BCUT2D eigenvalue weighted by molar-refractivity contribution is 9.10. The van der Waals surface area contributed by atoms with Gasteiger partial charge in [-0.2, -0.15) is 0 Å². The first kappa shape index (κ1) is 25.5. The molecule has 4 rings (SSSR count). The number of anilines is 1. The van der Waals surface area contributed by atoms with Crippen LogP contribution in [0.3, 0.4) is 0 Å². The number of aromatic amines is 1. The second-order valence-corrected chi connectivity index (χ2v) is 10.1. The minimum absolute atomic E-state index is 0.0126. The second kappa shape index (κ2) is 10.6. The maximum atomic E-state index is 15.1. The number of carbonyl (C=O) groups excluding carboxylic acids is 1. The van der Waals surface area contributed by atoms with Gasteiger partial charge in [0.2, 0.25) is 0 Å². The smallest absolute Gasteiger partial charge is 0.348 e. The van der Waals surface area contributed by atoms with Crippen molar-refractivity contribution in [3.8, 4) is 11.5 Å². The number of amides is 1. The van der Waals surface area contributed by atoms with E-state index in [-0.39, 0.29) is 22.8 Å². The number of rotatable bonds is 8. The zero-order valence-electron chi connectivity index (χ0n) is 18.7. The summed E-state index contributed by atoms with van der Waals surface area (Å²) < 4.78 is 22.3. The van der Waals surface area contributed by atoms with Crippen molar-refractivity contribution in [1.82, 2.24) is 30.0 Å². The number of aromatic nitrogens is 5. The van der Waals surface area contributed by atoms with Crippen molar-refractivity contribution in [1.29, 1.82) is 0 Å². The Balaban J connectivity index is 1.49. The number of H-pyrrole nitrogens is 1. The first-order valence-electron chi connectivity index (χ1n) is 10.6. The molecular weight excluding hydrogens is 569 g/mol. The van der Waals surface area contributed by atoms with Gasteiger partial charge in [0, 0.05) is 25.9 Å². The molecule has 1 amide bonds. The fraction of sp³-hybridized carbons (Fsp3) is 0.450. The van der Waals surface area contributed by atoms with Crippen molar-refractivity contribution in [2.45, 2.75) is 32.1 Å². The maximum absolute atomic E-state index is 15.1. The van der Waals surface area contributed by atoms with E-state index in [0.717, 1.165) is 11.3 Å². The highest BCUT2D eigenvalue weighted by Gasteiger charge is 2.34. The van der Waals surface area contributed by atoms with E-state index >= 15 is 4.39 Å². The molecule has 3 aromatic heterocycles. The summed E-state index contributed by atoms with van der Waals surface area (Å²) >= 11 is 10.3. The molecule has 188 valence electrons. The van der Waals surface area contributed by atoms with Gasteiger partial charge in [-0.3, -0.25) is 4.79 Å². The minimum Gasteiger partial charge on any atom is -0.477 e. The summed E-state index contributed by atoms with van der Waals surface area (Å²) in [5.41, 5.74) is 1.03. The number of ether oxygens (including phenoxy) is 1. The molecule has 0 spiro atoms. The molecule has 1 saturated heterocycles. The Kier molecular flexibility index (Phi) is 7.73. The number of alkyl halides is 1. The fourth-order valence-corrected chi connectivity index (χ4v) is 5.40. The number of carboxylic acid groups (broad SMARTS) is 1. The zero-order chi connectivity index (χ0) is 25.3. The van der Waals surface area contributed by atoms with E-state index in [2.05, 4.69) is 41.4 Å². The van der Waals surface area contributed by atoms with E-state index in [1.807, 2.05) is 0 Å². The monoisotopic (exact) mass is 589 g/mol. The maximum Gasteiger partial charge on any atom is 0.348 e. The molecule has 0 aromatic carbocycles. The Hall–Kier alpha value is -2.55. The summed E-state index contributed by atoms with van der Waals surface area (Å²) in [6.45, 7) is 2.86. The fourth-order valence-electron chi connectivity index (χ4n) is 3.74. The lowest BCUT2D eigenvalue weighted by molar-refractivity contribution is 0.0702. The molecule has 4 heterocycles. The van der Waals surface area contributed by atoms with Gasteiger partial charge in [0.25, 0.3) is 5.91 Å². The van der Waals surface area contributed by atoms with Crippen molar-refractivity contribution in [3.63, 3.8) is 0 Å². The molecule has 3 N–H and O–H groups in total. The van der Waals surface area contributed by atoms with E-state index in [4.69, 9.17) is 16.3 Å². The average molecular weight is 591 g/mol. The molecule has 35 heavy (non-hydrogen) atoms. The molecular formula is C20H22BrClFN7O4S. The summed E-state index contributed by atoms with van der Waals surface area (Å²) in [6, 6.07) is -0.719. The molecule has 1 fully saturated rings. The number of nitrogens with zero attached hydrogens (tertiary/aromatic N) is 5. The van der Waals surface area contributed by atoms with Gasteiger partial charge >= 0.3 is 5.97 Å². The van der Waals surface area contributed by atoms with Crippen molar-refractivity contribution < 1.29 is 23.8 Å². The van der Waals surface area contributed by atoms with Gasteiger partial charge in [-0.15, -0.1) is 10.2 Å². The number of hydrogen-bond acceptors (Lipinski definition) is 8. The number of methoxy groups -OCH3 is 1. The number of aromatic carboxylic acids is 1. The topological polar surface area (TPSA) is 138 Å². The molecule has 15 heteroatoms. The summed E-state index contributed by atoms with van der Waals surface area (Å²) in [4.78, 5) is 33.6. The van der Waals surface area contributed by atoms with Gasteiger partial charge < -0.3 is 29.6 Å². The molecule has 0 saturated carbocycles. The third-order valence-electron chi connectivity index (χ3n) is 5.58. The molecule has 3 aromatic rings. The number of carboxylic acids is 1. The standard InChI is InChI=1S/C20H22BrClFN7O4S/c1-9-13(22)12(21)14(25-9)18(31)26-11-3-4-29(7-10(11)23)20-27-15(16(35-20)19(32)33)17-28-24-8-30(17)5-6-34-2/h8,10-11,25H,3-7H2,1-2H3,(H,26,31)(H,32,33)/t10-,11+/m0/s1. The van der Waals surface area contributed by atoms with Crippen molar-refractivity contribution in [2.75, 3.05) is 31.7 Å². The van der Waals surface area contributed by atoms with Crippen molar-refractivity contribution >= 4 is 55.9 Å². The first-order chi connectivity index (χ1) is 16.7. The van der Waals surface area contributed by atoms with Crippen LogP contribution >= 0.6 is 38.9 Å². The number of hydrogen-bond donors (Lipinski definition) is 3. The highest BCUT2D eigenvalue weighted by atomic mass is 79.9. The van der Waals surface area contributed by atoms with Crippen molar-refractivity contribution in [3.05, 3.63) is 32.1 Å². The predicted octanol–water partition coefficient (Wildman–Crippen LogP) is 3.15. The minimum atomic E-state index is -1.40. The van der Waals surface area contributed by atoms with Gasteiger partial charge in [0.15, 0.2) is 11.0 Å². The SMILES string of the molecule is COCCn1cnnc1-c1nc(N2CC[C@@H](NC(=O)c3[nH]c(C)c(Cl)c3Br)[C@@H](F)C2)sc1C(=O)O. The summed E-state index contributed by atoms with van der Waals surface area (Å²) in [6.07, 6.45) is 0.380. The van der Waals surface area contributed by atoms with E-state index in [0.29, 0.717) is 52.3 Å². The second-order valence-electron chi connectivity index (χ2n) is 7.90. The normalized spacial score (nSPS) is 18.1. The summed E-state index contributed by atoms with van der Waals surface area (Å²) in [5.74, 6) is -1.33. The van der Waals surface area contributed by atoms with Crippen LogP contribution in [0.5, 0.6) is 0 Å². The predicted molar refractivity (Wildman–Crippen MR) is 131 cm³/mol. The number of thiazole rings is 1. The lowest BCUT2D eigenvalue weighted by atomic mass is 10.0. The van der Waals surface area contributed by atoms with Crippen LogP contribution in [-0.4, -0.2) is 80.7 Å². The molecule has 11 nitrogen and oxygen atoms in total. The van der Waals surface area contributed by atoms with Crippen LogP contribution in [-0.2, 0) is 11.3 Å². The Morgan fingerprint density at radius 2 is 2.26 bits per heavy atom. The third kappa shape index (κ3) is 5.20. The molecule has 1 aliphatic heterocycles. The van der Waals surface area contributed by atoms with Gasteiger partial charge in [-0.25, -0.2) is 14.2 Å². The number of piperidine rings is 1. The van der Waals surface area contributed by atoms with Crippen LogP contribution in [0.15, 0.2) is 10.8 Å². The van der Waals surface area contributed by atoms with Crippen LogP contribution in [0.25, 0.3) is 11.5 Å². The molecule has 0 unspecified atom stereocenters. The van der Waals surface area contributed by atoms with E-state index in [9.17, 15) is 14.7 Å². The summed E-state index contributed by atoms with van der Waals surface area (Å²) in [7, 11) is 1.56. The van der Waals surface area contributed by atoms with Crippen LogP contribution in [0.1, 0.15) is 32.3 Å². The lowest BCUT2D eigenvalue weighted by Crippen LogP contribution is -2.52. The number of halogens is 3.